The molecule has 0 spiro atoms. The summed E-state index contributed by atoms with van der Waals surface area (Å²) in [5.41, 5.74) is 1.18. The fourth-order valence-corrected chi connectivity index (χ4v) is 4.49. The Balaban J connectivity index is 1.41. The van der Waals surface area contributed by atoms with Crippen molar-refractivity contribution in [2.45, 2.75) is 51.1 Å². The zero-order chi connectivity index (χ0) is 17.1. The number of nitrogens with zero attached hydrogens (tertiary/aromatic N) is 4. The topological polar surface area (TPSA) is 50.6 Å². The summed E-state index contributed by atoms with van der Waals surface area (Å²) < 4.78 is 7.58. The maximum Gasteiger partial charge on any atom is 0.226 e. The molecule has 2 saturated heterocycles. The van der Waals surface area contributed by atoms with E-state index in [0.717, 1.165) is 45.6 Å². The quantitative estimate of drug-likeness (QED) is 0.837. The second kappa shape index (κ2) is 7.87. The summed E-state index contributed by atoms with van der Waals surface area (Å²) in [6.07, 6.45) is 8.71. The zero-order valence-electron chi connectivity index (χ0n) is 15.1. The SMILES string of the molecule is O=C(C1CCOCC1)N1Cc2ccnn2[C@H](CCN2CCCCC2)C1. The van der Waals surface area contributed by atoms with E-state index in [-0.39, 0.29) is 5.92 Å². The largest absolute Gasteiger partial charge is 0.381 e. The minimum absolute atomic E-state index is 0.144. The van der Waals surface area contributed by atoms with Crippen molar-refractivity contribution < 1.29 is 9.53 Å². The summed E-state index contributed by atoms with van der Waals surface area (Å²) in [4.78, 5) is 17.6. The Hall–Kier alpha value is -1.40. The van der Waals surface area contributed by atoms with Crippen LogP contribution >= 0.6 is 0 Å². The minimum atomic E-state index is 0.144. The number of carbonyl (C=O) groups excluding carboxylic acids is 1. The summed E-state index contributed by atoms with van der Waals surface area (Å²) in [6, 6.07) is 2.38. The highest BCUT2D eigenvalue weighted by Crippen LogP contribution is 2.27. The molecule has 6 nitrogen and oxygen atoms in total. The van der Waals surface area contributed by atoms with Gasteiger partial charge in [-0.25, -0.2) is 0 Å². The lowest BCUT2D eigenvalue weighted by atomic mass is 9.97. The number of likely N-dealkylation sites (tertiary alicyclic amines) is 1. The summed E-state index contributed by atoms with van der Waals surface area (Å²) in [6.45, 7) is 6.52. The molecule has 0 aliphatic carbocycles. The maximum absolute atomic E-state index is 13.0. The van der Waals surface area contributed by atoms with Gasteiger partial charge in [-0.2, -0.15) is 5.10 Å². The maximum atomic E-state index is 13.0. The fourth-order valence-electron chi connectivity index (χ4n) is 4.49. The van der Waals surface area contributed by atoms with Gasteiger partial charge in [-0.1, -0.05) is 6.42 Å². The Bertz CT molecular complexity index is 576. The molecular formula is C19H30N4O2. The molecule has 0 aromatic carbocycles. The number of ether oxygens (including phenoxy) is 1. The van der Waals surface area contributed by atoms with E-state index < -0.39 is 0 Å². The molecule has 0 N–H and O–H groups in total. The Labute approximate surface area is 150 Å². The summed E-state index contributed by atoms with van der Waals surface area (Å²) in [5.74, 6) is 0.463. The Morgan fingerprint density at radius 2 is 2.00 bits per heavy atom. The van der Waals surface area contributed by atoms with Gasteiger partial charge in [0.1, 0.15) is 0 Å². The minimum Gasteiger partial charge on any atom is -0.381 e. The number of aromatic nitrogens is 2. The third-order valence-corrected chi connectivity index (χ3v) is 5.99. The number of piperidine rings is 1. The van der Waals surface area contributed by atoms with Crippen LogP contribution in [-0.2, 0) is 16.1 Å². The molecule has 0 radical (unpaired) electrons. The van der Waals surface area contributed by atoms with Crippen molar-refractivity contribution in [3.63, 3.8) is 0 Å². The van der Waals surface area contributed by atoms with E-state index in [0.29, 0.717) is 18.5 Å². The van der Waals surface area contributed by atoms with Crippen molar-refractivity contribution in [3.05, 3.63) is 18.0 Å². The lowest BCUT2D eigenvalue weighted by Gasteiger charge is -2.37. The molecule has 0 bridgehead atoms. The molecular weight excluding hydrogens is 316 g/mol. The van der Waals surface area contributed by atoms with Gasteiger partial charge in [-0.05, 0) is 51.3 Å². The third kappa shape index (κ3) is 3.90. The van der Waals surface area contributed by atoms with Gasteiger partial charge in [0.05, 0.1) is 18.3 Å². The second-order valence-electron chi connectivity index (χ2n) is 7.72. The highest BCUT2D eigenvalue weighted by molar-refractivity contribution is 5.79. The first-order chi connectivity index (χ1) is 12.3. The van der Waals surface area contributed by atoms with E-state index in [1.54, 1.807) is 0 Å². The average molecular weight is 346 g/mol. The van der Waals surface area contributed by atoms with Crippen LogP contribution in [0, 0.1) is 5.92 Å². The Kier molecular flexibility index (Phi) is 5.36. The molecule has 138 valence electrons. The summed E-state index contributed by atoms with van der Waals surface area (Å²) in [7, 11) is 0. The van der Waals surface area contributed by atoms with Crippen molar-refractivity contribution in [2.24, 2.45) is 5.92 Å². The van der Waals surface area contributed by atoms with Crippen LogP contribution in [0.3, 0.4) is 0 Å². The molecule has 2 fully saturated rings. The van der Waals surface area contributed by atoms with E-state index in [4.69, 9.17) is 4.74 Å². The summed E-state index contributed by atoms with van der Waals surface area (Å²) >= 11 is 0. The molecule has 1 aromatic heterocycles. The van der Waals surface area contributed by atoms with Crippen LogP contribution < -0.4 is 0 Å². The van der Waals surface area contributed by atoms with Crippen LogP contribution in [0.1, 0.15) is 50.3 Å². The molecule has 6 heteroatoms. The lowest BCUT2D eigenvalue weighted by Crippen LogP contribution is -2.45. The van der Waals surface area contributed by atoms with Crippen molar-refractivity contribution in [2.75, 3.05) is 39.4 Å². The smallest absolute Gasteiger partial charge is 0.226 e. The van der Waals surface area contributed by atoms with Crippen molar-refractivity contribution >= 4 is 5.91 Å². The standard InChI is InChI=1S/C19H30N4O2/c24-19(16-6-12-25-13-7-16)22-14-17-4-8-20-23(17)18(15-22)5-11-21-9-2-1-3-10-21/h4,8,16,18H,1-3,5-7,9-15H2/t18-/m1/s1. The van der Waals surface area contributed by atoms with Crippen LogP contribution in [-0.4, -0.2) is 64.9 Å². The molecule has 0 unspecified atom stereocenters. The number of hydrogen-bond donors (Lipinski definition) is 0. The van der Waals surface area contributed by atoms with Gasteiger partial charge in [-0.3, -0.25) is 9.48 Å². The van der Waals surface area contributed by atoms with Gasteiger partial charge >= 0.3 is 0 Å². The van der Waals surface area contributed by atoms with E-state index in [1.165, 1.54) is 38.0 Å². The molecule has 1 amide bonds. The van der Waals surface area contributed by atoms with Gasteiger partial charge in [0.15, 0.2) is 0 Å². The molecule has 25 heavy (non-hydrogen) atoms. The molecule has 0 saturated carbocycles. The van der Waals surface area contributed by atoms with E-state index in [9.17, 15) is 4.79 Å². The van der Waals surface area contributed by atoms with Gasteiger partial charge < -0.3 is 14.5 Å². The predicted molar refractivity (Wildman–Crippen MR) is 95.1 cm³/mol. The molecule has 1 atom stereocenters. The van der Waals surface area contributed by atoms with Crippen LogP contribution in [0.4, 0.5) is 0 Å². The predicted octanol–water partition coefficient (Wildman–Crippen LogP) is 2.07. The highest BCUT2D eigenvalue weighted by atomic mass is 16.5. The normalized spacial score (nSPS) is 25.8. The molecule has 3 aliphatic heterocycles. The van der Waals surface area contributed by atoms with E-state index in [2.05, 4.69) is 25.6 Å². The third-order valence-electron chi connectivity index (χ3n) is 5.99. The molecule has 4 heterocycles. The van der Waals surface area contributed by atoms with E-state index >= 15 is 0 Å². The molecule has 4 rings (SSSR count). The number of fused-ring (bicyclic) bond motifs is 1. The highest BCUT2D eigenvalue weighted by Gasteiger charge is 2.33. The number of amides is 1. The van der Waals surface area contributed by atoms with Crippen molar-refractivity contribution in [1.82, 2.24) is 19.6 Å². The first-order valence-electron chi connectivity index (χ1n) is 9.92. The summed E-state index contributed by atoms with van der Waals surface area (Å²) in [5, 5.41) is 4.55. The van der Waals surface area contributed by atoms with Gasteiger partial charge in [0.2, 0.25) is 5.91 Å². The first-order valence-corrected chi connectivity index (χ1v) is 9.92. The van der Waals surface area contributed by atoms with Crippen LogP contribution in [0.2, 0.25) is 0 Å². The number of carbonyl (C=O) groups is 1. The monoisotopic (exact) mass is 346 g/mol. The van der Waals surface area contributed by atoms with Crippen LogP contribution in [0.15, 0.2) is 12.3 Å². The van der Waals surface area contributed by atoms with Crippen molar-refractivity contribution in [3.8, 4) is 0 Å². The zero-order valence-corrected chi connectivity index (χ0v) is 15.1. The van der Waals surface area contributed by atoms with Gasteiger partial charge in [0, 0.05) is 38.4 Å². The molecule has 3 aliphatic rings. The number of hydrogen-bond acceptors (Lipinski definition) is 4. The Morgan fingerprint density at radius 3 is 2.80 bits per heavy atom. The van der Waals surface area contributed by atoms with Crippen LogP contribution in [0.5, 0.6) is 0 Å². The van der Waals surface area contributed by atoms with Crippen molar-refractivity contribution in [1.29, 1.82) is 0 Å². The van der Waals surface area contributed by atoms with Crippen LogP contribution in [0.25, 0.3) is 0 Å². The Morgan fingerprint density at radius 1 is 1.20 bits per heavy atom. The fraction of sp³-hybridized carbons (Fsp3) is 0.789. The number of rotatable bonds is 4. The van der Waals surface area contributed by atoms with Gasteiger partial charge in [0.25, 0.3) is 0 Å². The lowest BCUT2D eigenvalue weighted by molar-refractivity contribution is -0.140. The van der Waals surface area contributed by atoms with E-state index in [1.807, 2.05) is 6.20 Å². The average Bonchev–Trinajstić information content (AvgIpc) is 3.16. The molecule has 1 aromatic rings. The first kappa shape index (κ1) is 17.0. The second-order valence-corrected chi connectivity index (χ2v) is 7.72. The van der Waals surface area contributed by atoms with Gasteiger partial charge in [-0.15, -0.1) is 0 Å².